The van der Waals surface area contributed by atoms with Crippen LogP contribution < -0.4 is 4.74 Å². The molecule has 0 aromatic heterocycles. The Morgan fingerprint density at radius 3 is 2.50 bits per heavy atom. The highest BCUT2D eigenvalue weighted by Gasteiger charge is 2.33. The van der Waals surface area contributed by atoms with Gasteiger partial charge >= 0.3 is 5.85 Å². The lowest BCUT2D eigenvalue weighted by Gasteiger charge is -2.19. The van der Waals surface area contributed by atoms with E-state index < -0.39 is 11.6 Å². The zero-order valence-corrected chi connectivity index (χ0v) is 7.87. The van der Waals surface area contributed by atoms with Gasteiger partial charge < -0.3 is 4.74 Å². The Labute approximate surface area is 82.0 Å². The molecule has 1 rings (SSSR count). The molecule has 0 saturated carbocycles. The van der Waals surface area contributed by atoms with E-state index in [1.165, 1.54) is 0 Å². The first-order valence-corrected chi connectivity index (χ1v) is 4.16. The maximum Gasteiger partial charge on any atom is 0.326 e. The lowest BCUT2D eigenvalue weighted by molar-refractivity contribution is -0.140. The van der Waals surface area contributed by atoms with Crippen molar-refractivity contribution in [1.82, 2.24) is 0 Å². The third-order valence-corrected chi connectivity index (χ3v) is 1.75. The Morgan fingerprint density at radius 2 is 2.07 bits per heavy atom. The fourth-order valence-electron chi connectivity index (χ4n) is 0.917. The summed E-state index contributed by atoms with van der Waals surface area (Å²) in [5, 5.41) is 0. The van der Waals surface area contributed by atoms with Crippen LogP contribution in [0, 0.1) is 0 Å². The van der Waals surface area contributed by atoms with Crippen molar-refractivity contribution in [2.75, 3.05) is 0 Å². The maximum absolute atomic E-state index is 13.6. The maximum atomic E-state index is 13.6. The molecule has 0 saturated heterocycles. The number of ether oxygens (including phenoxy) is 1. The normalized spacial score (nSPS) is 14.1. The van der Waals surface area contributed by atoms with Crippen LogP contribution in [0.1, 0.15) is 6.92 Å². The summed E-state index contributed by atoms with van der Waals surface area (Å²) in [4.78, 5) is 10.9. The second-order valence-corrected chi connectivity index (χ2v) is 2.82. The number of alkyl halides is 1. The van der Waals surface area contributed by atoms with Crippen LogP contribution in [0.3, 0.4) is 0 Å². The number of para-hydroxylation sites is 1. The van der Waals surface area contributed by atoms with Crippen LogP contribution in [-0.2, 0) is 4.79 Å². The Bertz CT molecular complexity index is 334. The van der Waals surface area contributed by atoms with Crippen LogP contribution in [0.2, 0.25) is 0 Å². The molecule has 1 atom stereocenters. The molecular formula is C11H11FO2. The van der Waals surface area contributed by atoms with Crippen LogP contribution in [0.4, 0.5) is 4.39 Å². The molecule has 0 spiro atoms. The van der Waals surface area contributed by atoms with Crippen molar-refractivity contribution in [2.45, 2.75) is 12.8 Å². The average Bonchev–Trinajstić information content (AvgIpc) is 2.19. The number of Topliss-reactive ketones (excluding diaryl/α,β-unsaturated/α-hetero) is 1. The van der Waals surface area contributed by atoms with Gasteiger partial charge in [0.15, 0.2) is 0 Å². The molecule has 74 valence electrons. The van der Waals surface area contributed by atoms with Crippen molar-refractivity contribution in [1.29, 1.82) is 0 Å². The van der Waals surface area contributed by atoms with Gasteiger partial charge in [-0.2, -0.15) is 4.39 Å². The van der Waals surface area contributed by atoms with Gasteiger partial charge in [-0.05, 0) is 18.2 Å². The first-order chi connectivity index (χ1) is 6.58. The van der Waals surface area contributed by atoms with E-state index >= 15 is 0 Å². The highest BCUT2D eigenvalue weighted by Crippen LogP contribution is 2.21. The lowest BCUT2D eigenvalue weighted by Crippen LogP contribution is -2.35. The van der Waals surface area contributed by atoms with Gasteiger partial charge in [-0.1, -0.05) is 24.8 Å². The van der Waals surface area contributed by atoms with Crippen molar-refractivity contribution in [3.05, 3.63) is 43.0 Å². The zero-order valence-electron chi connectivity index (χ0n) is 7.87. The van der Waals surface area contributed by atoms with Crippen molar-refractivity contribution in [2.24, 2.45) is 0 Å². The van der Waals surface area contributed by atoms with E-state index in [0.717, 1.165) is 13.0 Å². The van der Waals surface area contributed by atoms with E-state index in [1.807, 2.05) is 0 Å². The largest absolute Gasteiger partial charge is 0.448 e. The number of hydrogen-bond acceptors (Lipinski definition) is 2. The highest BCUT2D eigenvalue weighted by molar-refractivity contribution is 5.85. The molecule has 0 aliphatic heterocycles. The predicted molar refractivity (Wildman–Crippen MR) is 51.8 cm³/mol. The van der Waals surface area contributed by atoms with E-state index in [1.54, 1.807) is 30.3 Å². The average molecular weight is 194 g/mol. The van der Waals surface area contributed by atoms with E-state index in [9.17, 15) is 9.18 Å². The third-order valence-electron chi connectivity index (χ3n) is 1.75. The molecule has 0 radical (unpaired) electrons. The molecule has 0 amide bonds. The summed E-state index contributed by atoms with van der Waals surface area (Å²) >= 11 is 0. The van der Waals surface area contributed by atoms with Gasteiger partial charge in [-0.3, -0.25) is 4.79 Å². The second-order valence-electron chi connectivity index (χ2n) is 2.82. The van der Waals surface area contributed by atoms with E-state index in [2.05, 4.69) is 6.58 Å². The predicted octanol–water partition coefficient (Wildman–Crippen LogP) is 2.51. The lowest BCUT2D eigenvalue weighted by atomic mass is 10.2. The van der Waals surface area contributed by atoms with Crippen LogP contribution in [-0.4, -0.2) is 11.6 Å². The molecule has 0 bridgehead atoms. The summed E-state index contributed by atoms with van der Waals surface area (Å²) in [6.07, 6.45) is 0.850. The van der Waals surface area contributed by atoms with Crippen molar-refractivity contribution in [3.63, 3.8) is 0 Å². The fourth-order valence-corrected chi connectivity index (χ4v) is 0.917. The van der Waals surface area contributed by atoms with Crippen LogP contribution in [0.5, 0.6) is 5.75 Å². The molecule has 0 heterocycles. The molecule has 1 aromatic rings. The van der Waals surface area contributed by atoms with Crippen molar-refractivity contribution in [3.8, 4) is 5.75 Å². The number of halogens is 1. The Morgan fingerprint density at radius 1 is 1.50 bits per heavy atom. The summed E-state index contributed by atoms with van der Waals surface area (Å²) in [7, 11) is 0. The topological polar surface area (TPSA) is 26.3 Å². The summed E-state index contributed by atoms with van der Waals surface area (Å²) < 4.78 is 18.5. The standard InChI is InChI=1S/C11H11FO2/c1-3-11(12,9(2)13)14-10-7-5-4-6-8-10/h3-8H,1H2,2H3. The van der Waals surface area contributed by atoms with Crippen molar-refractivity contribution < 1.29 is 13.9 Å². The first-order valence-electron chi connectivity index (χ1n) is 4.16. The minimum atomic E-state index is -2.43. The molecular weight excluding hydrogens is 183 g/mol. The highest BCUT2D eigenvalue weighted by atomic mass is 19.2. The smallest absolute Gasteiger partial charge is 0.326 e. The quantitative estimate of drug-likeness (QED) is 0.688. The second kappa shape index (κ2) is 4.05. The molecule has 0 N–H and O–H groups in total. The monoisotopic (exact) mass is 194 g/mol. The molecule has 0 aliphatic rings. The zero-order chi connectivity index (χ0) is 10.6. The van der Waals surface area contributed by atoms with Crippen molar-refractivity contribution >= 4 is 5.78 Å². The Hall–Kier alpha value is -1.64. The van der Waals surface area contributed by atoms with Gasteiger partial charge in [0.25, 0.3) is 0 Å². The van der Waals surface area contributed by atoms with Crippen LogP contribution in [0.15, 0.2) is 43.0 Å². The first kappa shape index (κ1) is 10.4. The molecule has 0 aliphatic carbocycles. The van der Waals surface area contributed by atoms with E-state index in [0.29, 0.717) is 5.75 Å². The number of rotatable bonds is 4. The number of ketones is 1. The molecule has 1 aromatic carbocycles. The summed E-state index contributed by atoms with van der Waals surface area (Å²) in [5.41, 5.74) is 0. The van der Waals surface area contributed by atoms with Gasteiger partial charge in [-0.25, -0.2) is 0 Å². The number of carbonyl (C=O) groups excluding carboxylic acids is 1. The summed E-state index contributed by atoms with van der Waals surface area (Å²) in [5.74, 6) is -2.86. The molecule has 0 fully saturated rings. The Kier molecular flexibility index (Phi) is 3.02. The number of benzene rings is 1. The Balaban J connectivity index is 2.86. The van der Waals surface area contributed by atoms with Crippen LogP contribution >= 0.6 is 0 Å². The minimum absolute atomic E-state index is 0.296. The summed E-state index contributed by atoms with van der Waals surface area (Å²) in [6.45, 7) is 4.35. The van der Waals surface area contributed by atoms with Gasteiger partial charge in [0.05, 0.1) is 0 Å². The van der Waals surface area contributed by atoms with E-state index in [4.69, 9.17) is 4.74 Å². The van der Waals surface area contributed by atoms with Gasteiger partial charge in [0.2, 0.25) is 5.78 Å². The molecule has 1 unspecified atom stereocenters. The molecule has 2 nitrogen and oxygen atoms in total. The summed E-state index contributed by atoms with van der Waals surface area (Å²) in [6, 6.07) is 8.30. The fraction of sp³-hybridized carbons (Fsp3) is 0.182. The SMILES string of the molecule is C=CC(F)(Oc1ccccc1)C(C)=O. The molecule has 14 heavy (non-hydrogen) atoms. The van der Waals surface area contributed by atoms with Gasteiger partial charge in [0, 0.05) is 6.92 Å². The number of carbonyl (C=O) groups is 1. The number of hydrogen-bond donors (Lipinski definition) is 0. The van der Waals surface area contributed by atoms with Gasteiger partial charge in [0.1, 0.15) is 5.75 Å². The minimum Gasteiger partial charge on any atom is -0.448 e. The van der Waals surface area contributed by atoms with Crippen LogP contribution in [0.25, 0.3) is 0 Å². The molecule has 3 heteroatoms. The third kappa shape index (κ3) is 2.19. The van der Waals surface area contributed by atoms with E-state index in [-0.39, 0.29) is 0 Å². The van der Waals surface area contributed by atoms with Gasteiger partial charge in [-0.15, -0.1) is 0 Å².